The molecule has 0 atom stereocenters. The molecule has 71 heavy (non-hydrogen) atoms. The predicted molar refractivity (Wildman–Crippen MR) is 312 cm³/mol. The molecule has 0 heterocycles. The van der Waals surface area contributed by atoms with E-state index in [0.29, 0.717) is 38.0 Å². The van der Waals surface area contributed by atoms with Crippen LogP contribution in [-0.2, 0) is 23.9 Å². The molecule has 0 aromatic rings. The van der Waals surface area contributed by atoms with Crippen LogP contribution >= 0.6 is 23.5 Å². The second-order valence-corrected chi connectivity index (χ2v) is 18.8. The van der Waals surface area contributed by atoms with E-state index in [4.69, 9.17) is 14.9 Å². The number of nitrogens with zero attached hydrogens (tertiary/aromatic N) is 2. The number of allylic oxidation sites excluding steroid dienone is 24. The standard InChI is InChI=1S/C30H47NO3S.C26H38O3S.C4H11NO/c1-4-5-6-7-8-9-10-11-12-13-14-15-16-17-18-19-20-21-23-29(32)24-22-27-35-28-30(33)34-26-25-31(2)3;1-2-3-4-5-6-7-8-9-10-11-12-13-14-15-16-17-18-19-21-25(27)22-20-23-30-24-26(28)29;1-5(2)3-4-6/h5-6,8-9,11-12,14-15,17-18,20-21H,4,7,10,13,16,19,22-28H2,1-3H3;3-4,6-7,9-10,12-13,15-16,18-19H,2,5,8,11,14,17,20-24H2,1H3,(H,28,29);6H,3-4H2,1-2H3/b6-5-,9-8-,12-11-,15-14-,18-17-,21-20-;4-3-,7-6-,10-9-,13-12-,16-15-,19-18-;. The molecule has 0 rings (SSSR count). The maximum absolute atomic E-state index is 11.9. The molecule has 0 saturated heterocycles. The van der Waals surface area contributed by atoms with Gasteiger partial charge in [0, 0.05) is 38.8 Å². The van der Waals surface area contributed by atoms with Crippen LogP contribution in [0.25, 0.3) is 0 Å². The molecule has 9 nitrogen and oxygen atoms in total. The topological polar surface area (TPSA) is 124 Å². The first-order chi connectivity index (χ1) is 34.5. The quantitative estimate of drug-likeness (QED) is 0.0345. The van der Waals surface area contributed by atoms with Gasteiger partial charge in [0.25, 0.3) is 0 Å². The Labute approximate surface area is 441 Å². The predicted octanol–water partition coefficient (Wildman–Crippen LogP) is 14.0. The van der Waals surface area contributed by atoms with E-state index in [-0.39, 0.29) is 29.9 Å². The van der Waals surface area contributed by atoms with Crippen molar-refractivity contribution >= 4 is 47.0 Å². The molecule has 0 aliphatic carbocycles. The smallest absolute Gasteiger partial charge is 0.315 e. The number of carboxylic acid groups (broad SMARTS) is 1. The van der Waals surface area contributed by atoms with Gasteiger partial charge in [-0.05, 0) is 130 Å². The highest BCUT2D eigenvalue weighted by atomic mass is 32.2. The van der Waals surface area contributed by atoms with Crippen LogP contribution in [0.4, 0.5) is 0 Å². The fraction of sp³-hybridized carbons (Fsp3) is 0.533. The Balaban J connectivity index is -0.00000118. The monoisotopic (exact) mass is 1020 g/mol. The third kappa shape index (κ3) is 72.4. The van der Waals surface area contributed by atoms with Gasteiger partial charge in [-0.1, -0.05) is 160 Å². The molecular weight excluding hydrogens is 925 g/mol. The number of esters is 1. The maximum Gasteiger partial charge on any atom is 0.315 e. The molecule has 0 saturated carbocycles. The van der Waals surface area contributed by atoms with E-state index in [1.54, 1.807) is 0 Å². The molecule has 0 fully saturated rings. The molecule has 0 spiro atoms. The Kier molecular flexibility index (Phi) is 61.9. The summed E-state index contributed by atoms with van der Waals surface area (Å²) in [7, 11) is 7.74. The lowest BCUT2D eigenvalue weighted by atomic mass is 10.1. The van der Waals surface area contributed by atoms with E-state index in [0.717, 1.165) is 114 Å². The molecule has 0 bridgehead atoms. The van der Waals surface area contributed by atoms with E-state index in [1.807, 2.05) is 62.3 Å². The number of rotatable bonds is 43. The largest absolute Gasteiger partial charge is 0.481 e. The summed E-state index contributed by atoms with van der Waals surface area (Å²) in [5.41, 5.74) is 0. The zero-order chi connectivity index (χ0) is 52.9. The molecule has 0 aliphatic heterocycles. The van der Waals surface area contributed by atoms with Crippen LogP contribution in [0.3, 0.4) is 0 Å². The number of thioether (sulfide) groups is 2. The third-order valence-electron chi connectivity index (χ3n) is 9.17. The van der Waals surface area contributed by atoms with Crippen LogP contribution in [0.1, 0.15) is 129 Å². The zero-order valence-corrected chi connectivity index (χ0v) is 46.5. The Morgan fingerprint density at radius 2 is 0.732 bits per heavy atom. The molecule has 0 radical (unpaired) electrons. The van der Waals surface area contributed by atoms with Crippen LogP contribution in [0.2, 0.25) is 0 Å². The van der Waals surface area contributed by atoms with Crippen molar-refractivity contribution in [3.05, 3.63) is 146 Å². The van der Waals surface area contributed by atoms with E-state index in [2.05, 4.69) is 135 Å². The number of carbonyl (C=O) groups excluding carboxylic acids is 3. The average molecular weight is 1020 g/mol. The zero-order valence-electron chi connectivity index (χ0n) is 44.9. The van der Waals surface area contributed by atoms with Crippen LogP contribution in [0.5, 0.6) is 0 Å². The van der Waals surface area contributed by atoms with Gasteiger partial charge in [-0.25, -0.2) is 0 Å². The Morgan fingerprint density at radius 3 is 1.00 bits per heavy atom. The van der Waals surface area contributed by atoms with Crippen molar-refractivity contribution in [2.24, 2.45) is 0 Å². The van der Waals surface area contributed by atoms with Crippen molar-refractivity contribution in [3.8, 4) is 0 Å². The van der Waals surface area contributed by atoms with Crippen LogP contribution < -0.4 is 0 Å². The second kappa shape index (κ2) is 61.9. The number of hydrogen-bond donors (Lipinski definition) is 2. The molecule has 11 heteroatoms. The number of aliphatic hydroxyl groups excluding tert-OH is 1. The highest BCUT2D eigenvalue weighted by Crippen LogP contribution is 2.08. The molecule has 400 valence electrons. The SMILES string of the molecule is CC/C=C\C/C=C\C/C=C\C/C=C\C/C=C\C/C=C\CC(=O)CCCSCC(=O)O.CC/C=C\C/C=C\C/C=C\C/C=C\C/C=C\C/C=C\CC(=O)CCCSCC(=O)OCCN(C)C.CN(C)CCO. The van der Waals surface area contributed by atoms with Gasteiger partial charge in [0.1, 0.15) is 18.2 Å². The normalized spacial score (nSPS) is 12.5. The van der Waals surface area contributed by atoms with Gasteiger partial charge in [0.15, 0.2) is 0 Å². The number of ether oxygens (including phenoxy) is 1. The van der Waals surface area contributed by atoms with Gasteiger partial charge < -0.3 is 24.7 Å². The lowest BCUT2D eigenvalue weighted by molar-refractivity contribution is -0.140. The van der Waals surface area contributed by atoms with Gasteiger partial charge in [0.05, 0.1) is 18.1 Å². The Morgan fingerprint density at radius 1 is 0.437 bits per heavy atom. The van der Waals surface area contributed by atoms with Crippen molar-refractivity contribution in [2.45, 2.75) is 129 Å². The number of carboxylic acids is 1. The molecule has 0 aromatic heterocycles. The summed E-state index contributed by atoms with van der Waals surface area (Å²) < 4.78 is 5.13. The van der Waals surface area contributed by atoms with Crippen molar-refractivity contribution in [3.63, 3.8) is 0 Å². The van der Waals surface area contributed by atoms with Gasteiger partial charge in [-0.3, -0.25) is 19.2 Å². The summed E-state index contributed by atoms with van der Waals surface area (Å²) in [6.07, 6.45) is 66.9. The summed E-state index contributed by atoms with van der Waals surface area (Å²) in [5.74, 6) is 1.48. The molecule has 2 N–H and O–H groups in total. The summed E-state index contributed by atoms with van der Waals surface area (Å²) in [4.78, 5) is 49.5. The highest BCUT2D eigenvalue weighted by Gasteiger charge is 2.05. The van der Waals surface area contributed by atoms with Crippen LogP contribution in [-0.4, -0.2) is 121 Å². The number of Topliss-reactive ketones (excluding diaryl/α,β-unsaturated/α-hetero) is 2. The van der Waals surface area contributed by atoms with Gasteiger partial charge in [0.2, 0.25) is 0 Å². The molecular formula is C60H96N2O7S2. The molecule has 0 aromatic carbocycles. The first-order valence-corrected chi connectivity index (χ1v) is 28.1. The Hall–Kier alpha value is -4.26. The van der Waals surface area contributed by atoms with Crippen molar-refractivity contribution in [1.82, 2.24) is 9.80 Å². The average Bonchev–Trinajstić information content (AvgIpc) is 3.33. The van der Waals surface area contributed by atoms with Crippen molar-refractivity contribution < 1.29 is 34.1 Å². The van der Waals surface area contributed by atoms with Gasteiger partial charge >= 0.3 is 11.9 Å². The number of likely N-dealkylation sites (N-methyl/N-ethyl adjacent to an activating group) is 2. The van der Waals surface area contributed by atoms with E-state index in [1.165, 1.54) is 23.5 Å². The molecule has 0 aliphatic rings. The fourth-order valence-corrected chi connectivity index (χ4v) is 6.73. The minimum Gasteiger partial charge on any atom is -0.481 e. The second-order valence-electron chi connectivity index (χ2n) is 16.6. The highest BCUT2D eigenvalue weighted by molar-refractivity contribution is 8.00. The minimum absolute atomic E-state index is 0.112. The van der Waals surface area contributed by atoms with Gasteiger partial charge in [-0.15, -0.1) is 0 Å². The number of ketones is 2. The Bertz CT molecular complexity index is 1630. The summed E-state index contributed by atoms with van der Waals surface area (Å²) in [6.45, 7) is 6.48. The molecule has 0 amide bonds. The summed E-state index contributed by atoms with van der Waals surface area (Å²) in [5, 5.41) is 16.7. The summed E-state index contributed by atoms with van der Waals surface area (Å²) in [6, 6.07) is 0. The number of aliphatic hydroxyl groups is 1. The van der Waals surface area contributed by atoms with E-state index >= 15 is 0 Å². The number of hydrogen-bond acceptors (Lipinski definition) is 10. The third-order valence-corrected chi connectivity index (χ3v) is 11.2. The fourth-order valence-electron chi connectivity index (χ4n) is 5.32. The first-order valence-electron chi connectivity index (χ1n) is 25.8. The lowest BCUT2D eigenvalue weighted by Gasteiger charge is -2.09. The van der Waals surface area contributed by atoms with Crippen molar-refractivity contribution in [2.75, 3.05) is 77.5 Å². The summed E-state index contributed by atoms with van der Waals surface area (Å²) >= 11 is 2.89. The number of carbonyl (C=O) groups is 4. The molecule has 0 unspecified atom stereocenters. The first kappa shape index (κ1) is 71.0. The van der Waals surface area contributed by atoms with Crippen LogP contribution in [0, 0.1) is 0 Å². The maximum atomic E-state index is 11.9. The lowest BCUT2D eigenvalue weighted by Crippen LogP contribution is -2.20. The van der Waals surface area contributed by atoms with Gasteiger partial charge in [-0.2, -0.15) is 23.5 Å². The van der Waals surface area contributed by atoms with Crippen LogP contribution in [0.15, 0.2) is 146 Å². The van der Waals surface area contributed by atoms with E-state index < -0.39 is 5.97 Å². The van der Waals surface area contributed by atoms with Crippen molar-refractivity contribution in [1.29, 1.82) is 0 Å². The number of aliphatic carboxylic acids is 1. The van der Waals surface area contributed by atoms with E-state index in [9.17, 15) is 19.2 Å². The minimum atomic E-state index is -0.802.